The molecule has 0 aliphatic heterocycles. The van der Waals surface area contributed by atoms with Gasteiger partial charge in [-0.05, 0) is 31.0 Å². The maximum atomic E-state index is 5.77. The minimum Gasteiger partial charge on any atom is -0.374 e. The first-order valence-corrected chi connectivity index (χ1v) is 5.97. The van der Waals surface area contributed by atoms with Gasteiger partial charge in [-0.25, -0.2) is 0 Å². The van der Waals surface area contributed by atoms with Gasteiger partial charge in [0.15, 0.2) is 0 Å². The largest absolute Gasteiger partial charge is 0.374 e. The summed E-state index contributed by atoms with van der Waals surface area (Å²) >= 11 is 0. The van der Waals surface area contributed by atoms with Gasteiger partial charge in [-0.15, -0.1) is 0 Å². The Balaban J connectivity index is 2.43. The Labute approximate surface area is 99.0 Å². The second kappa shape index (κ2) is 6.66. The third kappa shape index (κ3) is 4.33. The monoisotopic (exact) mass is 221 g/mol. The fourth-order valence-corrected chi connectivity index (χ4v) is 1.38. The molecule has 0 spiro atoms. The number of benzene rings is 1. The summed E-state index contributed by atoms with van der Waals surface area (Å²) in [6.45, 7) is 8.12. The molecule has 0 saturated heterocycles. The number of ether oxygens (including phenoxy) is 1. The average Bonchev–Trinajstić information content (AvgIpc) is 2.28. The van der Waals surface area contributed by atoms with Crippen molar-refractivity contribution in [1.82, 2.24) is 5.32 Å². The standard InChI is InChI=1S/C14H23NO/c1-11(2)12(3)16-10-14-7-5-13(6-8-14)9-15-4/h5-8,11-12,15H,9-10H2,1-4H3. The van der Waals surface area contributed by atoms with E-state index in [0.717, 1.165) is 6.54 Å². The molecule has 1 atom stereocenters. The zero-order chi connectivity index (χ0) is 12.0. The third-order valence-corrected chi connectivity index (χ3v) is 2.86. The highest BCUT2D eigenvalue weighted by molar-refractivity contribution is 5.21. The molecule has 0 bridgehead atoms. The van der Waals surface area contributed by atoms with Crippen LogP contribution in [0.3, 0.4) is 0 Å². The van der Waals surface area contributed by atoms with E-state index in [4.69, 9.17) is 4.74 Å². The molecular weight excluding hydrogens is 198 g/mol. The molecule has 1 N–H and O–H groups in total. The summed E-state index contributed by atoms with van der Waals surface area (Å²) in [7, 11) is 1.96. The van der Waals surface area contributed by atoms with Crippen molar-refractivity contribution in [2.24, 2.45) is 5.92 Å². The van der Waals surface area contributed by atoms with E-state index in [0.29, 0.717) is 18.6 Å². The van der Waals surface area contributed by atoms with Crippen molar-refractivity contribution in [3.63, 3.8) is 0 Å². The van der Waals surface area contributed by atoms with Gasteiger partial charge in [0.05, 0.1) is 12.7 Å². The summed E-state index contributed by atoms with van der Waals surface area (Å²) in [6.07, 6.45) is 0.317. The average molecular weight is 221 g/mol. The van der Waals surface area contributed by atoms with E-state index >= 15 is 0 Å². The fourth-order valence-electron chi connectivity index (χ4n) is 1.38. The number of nitrogens with one attached hydrogen (secondary N) is 1. The van der Waals surface area contributed by atoms with Crippen molar-refractivity contribution < 1.29 is 4.74 Å². The molecule has 16 heavy (non-hydrogen) atoms. The first-order valence-electron chi connectivity index (χ1n) is 5.97. The van der Waals surface area contributed by atoms with Crippen molar-refractivity contribution in [2.45, 2.75) is 40.0 Å². The van der Waals surface area contributed by atoms with E-state index in [1.807, 2.05) is 7.05 Å². The summed E-state index contributed by atoms with van der Waals surface area (Å²) in [5.74, 6) is 0.573. The first-order chi connectivity index (χ1) is 7.63. The smallest absolute Gasteiger partial charge is 0.0720 e. The van der Waals surface area contributed by atoms with E-state index in [9.17, 15) is 0 Å². The van der Waals surface area contributed by atoms with E-state index in [1.54, 1.807) is 0 Å². The van der Waals surface area contributed by atoms with Gasteiger partial charge in [0.2, 0.25) is 0 Å². The molecule has 1 unspecified atom stereocenters. The normalized spacial score (nSPS) is 13.1. The summed E-state index contributed by atoms with van der Waals surface area (Å²) in [5, 5.41) is 3.14. The molecule has 0 aromatic heterocycles. The van der Waals surface area contributed by atoms with Crippen LogP contribution in [-0.2, 0) is 17.9 Å². The van der Waals surface area contributed by atoms with E-state index in [-0.39, 0.29) is 0 Å². The van der Waals surface area contributed by atoms with E-state index in [1.165, 1.54) is 11.1 Å². The Morgan fingerprint density at radius 1 is 1.06 bits per heavy atom. The molecule has 0 radical (unpaired) electrons. The Bertz CT molecular complexity index is 292. The maximum Gasteiger partial charge on any atom is 0.0720 e. The molecule has 0 amide bonds. The van der Waals surface area contributed by atoms with Crippen LogP contribution < -0.4 is 5.32 Å². The summed E-state index contributed by atoms with van der Waals surface area (Å²) in [4.78, 5) is 0. The Morgan fingerprint density at radius 3 is 2.12 bits per heavy atom. The van der Waals surface area contributed by atoms with Crippen LogP contribution in [0, 0.1) is 5.92 Å². The first kappa shape index (κ1) is 13.2. The van der Waals surface area contributed by atoms with Crippen LogP contribution in [0.25, 0.3) is 0 Å². The van der Waals surface area contributed by atoms with Crippen LogP contribution in [0.15, 0.2) is 24.3 Å². The molecule has 0 heterocycles. The second-order valence-electron chi connectivity index (χ2n) is 4.61. The van der Waals surface area contributed by atoms with Crippen LogP contribution in [0.1, 0.15) is 31.9 Å². The molecule has 2 heteroatoms. The molecule has 1 rings (SSSR count). The van der Waals surface area contributed by atoms with Gasteiger partial charge in [-0.3, -0.25) is 0 Å². The second-order valence-corrected chi connectivity index (χ2v) is 4.61. The quantitative estimate of drug-likeness (QED) is 0.797. The van der Waals surface area contributed by atoms with E-state index < -0.39 is 0 Å². The van der Waals surface area contributed by atoms with Crippen molar-refractivity contribution in [1.29, 1.82) is 0 Å². The number of hydrogen-bond donors (Lipinski definition) is 1. The zero-order valence-electron chi connectivity index (χ0n) is 10.8. The number of rotatable bonds is 6. The molecule has 1 aromatic carbocycles. The minimum atomic E-state index is 0.317. The van der Waals surface area contributed by atoms with Gasteiger partial charge >= 0.3 is 0 Å². The lowest BCUT2D eigenvalue weighted by Crippen LogP contribution is -2.15. The summed E-state index contributed by atoms with van der Waals surface area (Å²) in [6, 6.07) is 8.57. The number of hydrogen-bond acceptors (Lipinski definition) is 2. The molecule has 2 nitrogen and oxygen atoms in total. The van der Waals surface area contributed by atoms with Gasteiger partial charge < -0.3 is 10.1 Å². The molecule has 0 fully saturated rings. The molecule has 1 aromatic rings. The van der Waals surface area contributed by atoms with Crippen LogP contribution in [0.5, 0.6) is 0 Å². The molecule has 0 aliphatic rings. The zero-order valence-corrected chi connectivity index (χ0v) is 10.8. The van der Waals surface area contributed by atoms with Crippen LogP contribution in [0.4, 0.5) is 0 Å². The van der Waals surface area contributed by atoms with Crippen molar-refractivity contribution in [3.8, 4) is 0 Å². The highest BCUT2D eigenvalue weighted by atomic mass is 16.5. The van der Waals surface area contributed by atoms with Gasteiger partial charge in [-0.2, -0.15) is 0 Å². The lowest BCUT2D eigenvalue weighted by molar-refractivity contribution is 0.0235. The van der Waals surface area contributed by atoms with Crippen molar-refractivity contribution in [2.75, 3.05) is 7.05 Å². The van der Waals surface area contributed by atoms with Gasteiger partial charge in [0.1, 0.15) is 0 Å². The highest BCUT2D eigenvalue weighted by Crippen LogP contribution is 2.10. The van der Waals surface area contributed by atoms with Crippen molar-refractivity contribution >= 4 is 0 Å². The molecule has 90 valence electrons. The Morgan fingerprint density at radius 2 is 1.62 bits per heavy atom. The van der Waals surface area contributed by atoms with Crippen LogP contribution in [0.2, 0.25) is 0 Å². The lowest BCUT2D eigenvalue weighted by atomic mass is 10.1. The Hall–Kier alpha value is -0.860. The SMILES string of the molecule is CNCc1ccc(COC(C)C(C)C)cc1. The van der Waals surface area contributed by atoms with Gasteiger partial charge in [0, 0.05) is 6.54 Å². The van der Waals surface area contributed by atoms with E-state index in [2.05, 4.69) is 50.4 Å². The summed E-state index contributed by atoms with van der Waals surface area (Å²) in [5.41, 5.74) is 2.55. The molecular formula is C14H23NO. The minimum absolute atomic E-state index is 0.317. The van der Waals surface area contributed by atoms with Gasteiger partial charge in [-0.1, -0.05) is 38.1 Å². The van der Waals surface area contributed by atoms with Crippen LogP contribution in [-0.4, -0.2) is 13.2 Å². The predicted octanol–water partition coefficient (Wildman–Crippen LogP) is 2.97. The predicted molar refractivity (Wildman–Crippen MR) is 68.3 cm³/mol. The van der Waals surface area contributed by atoms with Crippen LogP contribution >= 0.6 is 0 Å². The highest BCUT2D eigenvalue weighted by Gasteiger charge is 2.06. The Kier molecular flexibility index (Phi) is 5.50. The molecule has 0 aliphatic carbocycles. The summed E-state index contributed by atoms with van der Waals surface area (Å²) < 4.78 is 5.77. The van der Waals surface area contributed by atoms with Crippen molar-refractivity contribution in [3.05, 3.63) is 35.4 Å². The topological polar surface area (TPSA) is 21.3 Å². The lowest BCUT2D eigenvalue weighted by Gasteiger charge is -2.16. The third-order valence-electron chi connectivity index (χ3n) is 2.86. The maximum absolute atomic E-state index is 5.77. The fraction of sp³-hybridized carbons (Fsp3) is 0.571. The molecule has 0 saturated carbocycles. The van der Waals surface area contributed by atoms with Gasteiger partial charge in [0.25, 0.3) is 0 Å².